The molecule has 4 N–H and O–H groups in total. The third-order valence-electron chi connectivity index (χ3n) is 8.84. The van der Waals surface area contributed by atoms with Gasteiger partial charge in [-0.2, -0.15) is 0 Å². The van der Waals surface area contributed by atoms with E-state index in [0.717, 1.165) is 38.5 Å². The van der Waals surface area contributed by atoms with Crippen LogP contribution >= 0.6 is 0 Å². The van der Waals surface area contributed by atoms with Gasteiger partial charge in [0.15, 0.2) is 12.4 Å². The molecule has 2 unspecified atom stereocenters. The van der Waals surface area contributed by atoms with Crippen LogP contribution in [0.1, 0.15) is 155 Å². The minimum absolute atomic E-state index is 0.213. The first-order chi connectivity index (χ1) is 23.8. The zero-order valence-corrected chi connectivity index (χ0v) is 30.7. The molecule has 0 aromatic carbocycles. The molecule has 0 aliphatic carbocycles. The fourth-order valence-corrected chi connectivity index (χ4v) is 5.70. The number of ether oxygens (including phenoxy) is 4. The van der Waals surface area contributed by atoms with Gasteiger partial charge in [-0.15, -0.1) is 0 Å². The Bertz CT molecular complexity index is 861. The van der Waals surface area contributed by atoms with E-state index in [1.165, 1.54) is 77.0 Å². The molecule has 1 heterocycles. The Labute approximate surface area is 296 Å². The van der Waals surface area contributed by atoms with E-state index in [1.807, 2.05) is 0 Å². The topological polar surface area (TPSA) is 152 Å². The molecule has 0 aromatic heterocycles. The largest absolute Gasteiger partial charge is 0.462 e. The lowest BCUT2D eigenvalue weighted by molar-refractivity contribution is -0.305. The van der Waals surface area contributed by atoms with Gasteiger partial charge in [-0.3, -0.25) is 9.59 Å². The van der Waals surface area contributed by atoms with Crippen molar-refractivity contribution in [3.63, 3.8) is 0 Å². The van der Waals surface area contributed by atoms with Crippen molar-refractivity contribution >= 4 is 11.9 Å². The third kappa shape index (κ3) is 23.3. The van der Waals surface area contributed by atoms with Crippen molar-refractivity contribution in [3.05, 3.63) is 24.3 Å². The number of hydrogen-bond acceptors (Lipinski definition) is 10. The molecule has 0 amide bonds. The lowest BCUT2D eigenvalue weighted by Crippen LogP contribution is -2.59. The number of aliphatic hydroxyl groups is 4. The molecule has 286 valence electrons. The van der Waals surface area contributed by atoms with Gasteiger partial charge in [-0.25, -0.2) is 0 Å². The highest BCUT2D eigenvalue weighted by atomic mass is 16.7. The first-order valence-electron chi connectivity index (χ1n) is 19.4. The Morgan fingerprint density at radius 3 is 1.76 bits per heavy atom. The summed E-state index contributed by atoms with van der Waals surface area (Å²) >= 11 is 0. The molecule has 0 bridgehead atoms. The van der Waals surface area contributed by atoms with Crippen molar-refractivity contribution in [2.24, 2.45) is 0 Å². The van der Waals surface area contributed by atoms with Crippen molar-refractivity contribution in [1.29, 1.82) is 0 Å². The van der Waals surface area contributed by atoms with Gasteiger partial charge in [0.1, 0.15) is 31.0 Å². The molecule has 1 rings (SSSR count). The third-order valence-corrected chi connectivity index (χ3v) is 8.84. The minimum atomic E-state index is -1.60. The monoisotopic (exact) mass is 698 g/mol. The van der Waals surface area contributed by atoms with Gasteiger partial charge in [0, 0.05) is 12.8 Å². The van der Waals surface area contributed by atoms with Gasteiger partial charge in [-0.05, 0) is 38.5 Å². The molecular weight excluding hydrogens is 628 g/mol. The fourth-order valence-electron chi connectivity index (χ4n) is 5.70. The molecule has 10 nitrogen and oxygen atoms in total. The maximum atomic E-state index is 12.6. The molecule has 49 heavy (non-hydrogen) atoms. The van der Waals surface area contributed by atoms with Crippen LogP contribution in [-0.2, 0) is 28.5 Å². The lowest BCUT2D eigenvalue weighted by atomic mass is 9.99. The molecule has 0 spiro atoms. The van der Waals surface area contributed by atoms with E-state index in [2.05, 4.69) is 38.2 Å². The Balaban J connectivity index is 2.36. The average molecular weight is 699 g/mol. The smallest absolute Gasteiger partial charge is 0.306 e. The molecule has 1 aliphatic rings. The van der Waals surface area contributed by atoms with E-state index in [1.54, 1.807) is 0 Å². The fraction of sp³-hybridized carbons (Fsp3) is 0.846. The second kappa shape index (κ2) is 31.0. The van der Waals surface area contributed by atoms with E-state index in [-0.39, 0.29) is 26.1 Å². The summed E-state index contributed by atoms with van der Waals surface area (Å²) in [4.78, 5) is 25.0. The maximum Gasteiger partial charge on any atom is 0.306 e. The number of aliphatic hydroxyl groups excluding tert-OH is 4. The Hall–Kier alpha value is -1.82. The van der Waals surface area contributed by atoms with Crippen LogP contribution in [0.15, 0.2) is 24.3 Å². The Kier molecular flexibility index (Phi) is 28.6. The zero-order valence-electron chi connectivity index (χ0n) is 30.7. The molecule has 1 fully saturated rings. The van der Waals surface area contributed by atoms with Crippen molar-refractivity contribution < 1.29 is 49.0 Å². The molecule has 0 saturated carbocycles. The first kappa shape index (κ1) is 45.2. The highest BCUT2D eigenvalue weighted by Gasteiger charge is 2.44. The second-order valence-corrected chi connectivity index (χ2v) is 13.4. The molecule has 1 aliphatic heterocycles. The maximum absolute atomic E-state index is 12.6. The standard InChI is InChI=1S/C39H70O10/c1-3-5-7-9-11-12-13-14-15-16-17-18-19-20-22-23-25-27-34(41)46-30-32(48-35(42)28-26-24-21-10-8-6-4-2)31-47-39-38(45)37(44)36(43)33(29-40)49-39/h17-18,20,22,32-33,36-40,43-45H,3-16,19,21,23-31H2,1-2H3/b18-17+,22-20+/t32-,33-,36+,37?,38?,39-/m0/s1. The summed E-state index contributed by atoms with van der Waals surface area (Å²) in [5.74, 6) is -0.866. The summed E-state index contributed by atoms with van der Waals surface area (Å²) < 4.78 is 21.9. The van der Waals surface area contributed by atoms with E-state index in [9.17, 15) is 30.0 Å². The normalized spacial score (nSPS) is 21.8. The molecular formula is C39H70O10. The highest BCUT2D eigenvalue weighted by Crippen LogP contribution is 2.22. The molecule has 10 heteroatoms. The summed E-state index contributed by atoms with van der Waals surface area (Å²) in [5.41, 5.74) is 0. The summed E-state index contributed by atoms with van der Waals surface area (Å²) in [7, 11) is 0. The van der Waals surface area contributed by atoms with Crippen LogP contribution in [0.25, 0.3) is 0 Å². The number of rotatable bonds is 31. The van der Waals surface area contributed by atoms with Gasteiger partial charge in [0.05, 0.1) is 13.2 Å². The van der Waals surface area contributed by atoms with Crippen LogP contribution < -0.4 is 0 Å². The number of unbranched alkanes of at least 4 members (excludes halogenated alkanes) is 16. The Morgan fingerprint density at radius 1 is 0.633 bits per heavy atom. The Morgan fingerprint density at radius 2 is 1.16 bits per heavy atom. The second-order valence-electron chi connectivity index (χ2n) is 13.4. The number of esters is 2. The lowest BCUT2D eigenvalue weighted by Gasteiger charge is -2.39. The minimum Gasteiger partial charge on any atom is -0.462 e. The number of hydrogen-bond donors (Lipinski definition) is 4. The van der Waals surface area contributed by atoms with E-state index < -0.39 is 55.4 Å². The summed E-state index contributed by atoms with van der Waals surface area (Å²) in [5, 5.41) is 39.8. The SMILES string of the molecule is CCCCCCCCCCC/C=C/C/C=C/CCCC(=O)OC[C@@H](CO[C@H]1O[C@@H](CO)[C@@H](O)C(O)C1O)OC(=O)CCCCCCCCC. The number of carbonyl (C=O) groups excluding carboxylic acids is 2. The van der Waals surface area contributed by atoms with Crippen LogP contribution in [0.2, 0.25) is 0 Å². The van der Waals surface area contributed by atoms with Gasteiger partial charge in [0.25, 0.3) is 0 Å². The van der Waals surface area contributed by atoms with Crippen molar-refractivity contribution in [2.75, 3.05) is 19.8 Å². The van der Waals surface area contributed by atoms with Crippen LogP contribution in [-0.4, -0.2) is 89.0 Å². The first-order valence-corrected chi connectivity index (χ1v) is 19.4. The van der Waals surface area contributed by atoms with Crippen molar-refractivity contribution in [3.8, 4) is 0 Å². The number of carbonyl (C=O) groups is 2. The summed E-state index contributed by atoms with van der Waals surface area (Å²) in [6.45, 7) is 3.31. The average Bonchev–Trinajstić information content (AvgIpc) is 3.10. The van der Waals surface area contributed by atoms with Crippen molar-refractivity contribution in [2.45, 2.75) is 192 Å². The zero-order chi connectivity index (χ0) is 36.0. The summed E-state index contributed by atoms with van der Waals surface area (Å²) in [6.07, 6.45) is 23.7. The van der Waals surface area contributed by atoms with Crippen LogP contribution in [0.4, 0.5) is 0 Å². The predicted octanol–water partition coefficient (Wildman–Crippen LogP) is 6.99. The van der Waals surface area contributed by atoms with Crippen molar-refractivity contribution in [1.82, 2.24) is 0 Å². The van der Waals surface area contributed by atoms with Gasteiger partial charge in [-0.1, -0.05) is 128 Å². The quantitative estimate of drug-likeness (QED) is 0.0339. The predicted molar refractivity (Wildman–Crippen MR) is 192 cm³/mol. The van der Waals surface area contributed by atoms with Crippen LogP contribution in [0.5, 0.6) is 0 Å². The van der Waals surface area contributed by atoms with E-state index in [4.69, 9.17) is 18.9 Å². The van der Waals surface area contributed by atoms with Gasteiger partial charge in [0.2, 0.25) is 0 Å². The molecule has 0 radical (unpaired) electrons. The van der Waals surface area contributed by atoms with Crippen LogP contribution in [0.3, 0.4) is 0 Å². The van der Waals surface area contributed by atoms with E-state index in [0.29, 0.717) is 12.8 Å². The van der Waals surface area contributed by atoms with Gasteiger partial charge < -0.3 is 39.4 Å². The summed E-state index contributed by atoms with van der Waals surface area (Å²) in [6, 6.07) is 0. The highest BCUT2D eigenvalue weighted by molar-refractivity contribution is 5.70. The molecule has 1 saturated heterocycles. The molecule has 6 atom stereocenters. The number of allylic oxidation sites excluding steroid dienone is 4. The molecule has 0 aromatic rings. The van der Waals surface area contributed by atoms with Gasteiger partial charge >= 0.3 is 11.9 Å². The van der Waals surface area contributed by atoms with E-state index >= 15 is 0 Å². The van der Waals surface area contributed by atoms with Crippen LogP contribution in [0, 0.1) is 0 Å².